The van der Waals surface area contributed by atoms with E-state index in [-0.39, 0.29) is 0 Å². The Morgan fingerprint density at radius 2 is 2.17 bits per heavy atom. The smallest absolute Gasteiger partial charge is 0.0909 e. The third-order valence-electron chi connectivity index (χ3n) is 2.38. The van der Waals surface area contributed by atoms with Gasteiger partial charge in [0.25, 0.3) is 0 Å². The fraction of sp³-hybridized carbons (Fsp3) is 0.800. The second-order valence-electron chi connectivity index (χ2n) is 3.57. The topological polar surface area (TPSA) is 29.3 Å². The molecule has 0 aliphatic rings. The lowest BCUT2D eigenvalue weighted by molar-refractivity contribution is 0.374. The first kappa shape index (κ1) is 11.3. The number of nitrogens with two attached hydrogens (primary N) is 1. The highest BCUT2D eigenvalue weighted by Crippen LogP contribution is 2.09. The predicted molar refractivity (Wildman–Crippen MR) is 54.6 cm³/mol. The molecule has 0 saturated heterocycles. The van der Waals surface area contributed by atoms with Crippen molar-refractivity contribution in [2.45, 2.75) is 33.1 Å². The molecule has 0 spiro atoms. The van der Waals surface area contributed by atoms with Crippen LogP contribution < -0.4 is 5.73 Å². The van der Waals surface area contributed by atoms with Crippen molar-refractivity contribution in [3.8, 4) is 0 Å². The average Bonchev–Trinajstić information content (AvgIpc) is 2.03. The molecular weight excluding hydrogens is 148 g/mol. The molecule has 0 rings (SSSR count). The zero-order chi connectivity index (χ0) is 9.56. The van der Waals surface area contributed by atoms with Gasteiger partial charge in [-0.1, -0.05) is 26.8 Å². The van der Waals surface area contributed by atoms with Crippen LogP contribution in [-0.2, 0) is 0 Å². The minimum absolute atomic E-state index is 0.666. The summed E-state index contributed by atoms with van der Waals surface area (Å²) in [5, 5.41) is 0. The second kappa shape index (κ2) is 5.92. The molecule has 0 aliphatic carbocycles. The minimum atomic E-state index is 0.666. The normalized spacial score (nSPS) is 12.6. The second-order valence-corrected chi connectivity index (χ2v) is 3.57. The van der Waals surface area contributed by atoms with Crippen molar-refractivity contribution >= 4 is 0 Å². The Balaban J connectivity index is 3.37. The maximum atomic E-state index is 5.52. The summed E-state index contributed by atoms with van der Waals surface area (Å²) in [6, 6.07) is 0. The van der Waals surface area contributed by atoms with Crippen LogP contribution in [0.2, 0.25) is 0 Å². The van der Waals surface area contributed by atoms with E-state index in [1.807, 2.05) is 11.9 Å². The minimum Gasteiger partial charge on any atom is -0.386 e. The lowest BCUT2D eigenvalue weighted by Gasteiger charge is -2.18. The van der Waals surface area contributed by atoms with Crippen molar-refractivity contribution in [3.63, 3.8) is 0 Å². The van der Waals surface area contributed by atoms with Gasteiger partial charge in [0.15, 0.2) is 0 Å². The molecule has 0 bridgehead atoms. The molecule has 0 aromatic rings. The Morgan fingerprint density at radius 1 is 1.58 bits per heavy atom. The summed E-state index contributed by atoms with van der Waals surface area (Å²) in [7, 11) is 1.99. The molecule has 12 heavy (non-hydrogen) atoms. The largest absolute Gasteiger partial charge is 0.386 e. The first-order chi connectivity index (χ1) is 5.57. The zero-order valence-corrected chi connectivity index (χ0v) is 8.64. The van der Waals surface area contributed by atoms with Gasteiger partial charge in [0.2, 0.25) is 0 Å². The number of nitrogens with zero attached hydrogens (tertiary/aromatic N) is 1. The molecule has 0 aromatic carbocycles. The molecule has 2 nitrogen and oxygen atoms in total. The summed E-state index contributed by atoms with van der Waals surface area (Å²) < 4.78 is 0. The van der Waals surface area contributed by atoms with Crippen LogP contribution in [0.25, 0.3) is 0 Å². The third kappa shape index (κ3) is 5.05. The summed E-state index contributed by atoms with van der Waals surface area (Å²) in [5.74, 6) is 1.50. The third-order valence-corrected chi connectivity index (χ3v) is 2.38. The quantitative estimate of drug-likeness (QED) is 0.662. The SMILES string of the molecule is C=C(N)N(C)CCCC(C)CC. The average molecular weight is 170 g/mol. The van der Waals surface area contributed by atoms with Gasteiger partial charge in [0.1, 0.15) is 0 Å². The monoisotopic (exact) mass is 170 g/mol. The predicted octanol–water partition coefficient (Wildman–Crippen LogP) is 2.17. The van der Waals surface area contributed by atoms with Crippen molar-refractivity contribution < 1.29 is 0 Å². The maximum absolute atomic E-state index is 5.52. The van der Waals surface area contributed by atoms with Gasteiger partial charge < -0.3 is 10.6 Å². The van der Waals surface area contributed by atoms with E-state index in [9.17, 15) is 0 Å². The summed E-state index contributed by atoms with van der Waals surface area (Å²) in [6.45, 7) is 9.23. The maximum Gasteiger partial charge on any atom is 0.0909 e. The van der Waals surface area contributed by atoms with Crippen LogP contribution in [0, 0.1) is 5.92 Å². The van der Waals surface area contributed by atoms with E-state index in [1.165, 1.54) is 19.3 Å². The first-order valence-corrected chi connectivity index (χ1v) is 4.73. The van der Waals surface area contributed by atoms with Gasteiger partial charge in [-0.15, -0.1) is 0 Å². The highest BCUT2D eigenvalue weighted by Gasteiger charge is 2.00. The van der Waals surface area contributed by atoms with E-state index in [0.717, 1.165) is 12.5 Å². The van der Waals surface area contributed by atoms with Gasteiger partial charge in [-0.2, -0.15) is 0 Å². The number of hydrogen-bond donors (Lipinski definition) is 1. The molecule has 0 aromatic heterocycles. The van der Waals surface area contributed by atoms with E-state index in [4.69, 9.17) is 5.73 Å². The molecule has 2 heteroatoms. The fourth-order valence-corrected chi connectivity index (χ4v) is 1.02. The Kier molecular flexibility index (Phi) is 5.60. The Labute approximate surface area is 76.4 Å². The highest BCUT2D eigenvalue weighted by atomic mass is 15.2. The molecule has 0 aliphatic heterocycles. The summed E-state index contributed by atoms with van der Waals surface area (Å²) in [5.41, 5.74) is 5.52. The van der Waals surface area contributed by atoms with Crippen molar-refractivity contribution in [3.05, 3.63) is 12.4 Å². The van der Waals surface area contributed by atoms with Crippen molar-refractivity contribution in [1.82, 2.24) is 4.90 Å². The van der Waals surface area contributed by atoms with E-state index >= 15 is 0 Å². The van der Waals surface area contributed by atoms with E-state index < -0.39 is 0 Å². The van der Waals surface area contributed by atoms with Crippen LogP contribution in [0.4, 0.5) is 0 Å². The molecule has 1 atom stereocenters. The van der Waals surface area contributed by atoms with Gasteiger partial charge in [0, 0.05) is 13.6 Å². The lowest BCUT2D eigenvalue weighted by atomic mass is 10.0. The van der Waals surface area contributed by atoms with Gasteiger partial charge in [-0.05, 0) is 18.8 Å². The number of rotatable bonds is 6. The van der Waals surface area contributed by atoms with E-state index in [1.54, 1.807) is 0 Å². The Bertz CT molecular complexity index is 132. The standard InChI is InChI=1S/C10H22N2/c1-5-9(2)7-6-8-12(4)10(3)11/h9H,3,5-8,11H2,1-2,4H3. The summed E-state index contributed by atoms with van der Waals surface area (Å²) >= 11 is 0. The van der Waals surface area contributed by atoms with Gasteiger partial charge in [-0.25, -0.2) is 0 Å². The van der Waals surface area contributed by atoms with Crippen LogP contribution in [0.5, 0.6) is 0 Å². The van der Waals surface area contributed by atoms with E-state index in [2.05, 4.69) is 20.4 Å². The molecule has 0 radical (unpaired) electrons. The van der Waals surface area contributed by atoms with Crippen LogP contribution in [0.3, 0.4) is 0 Å². The molecular formula is C10H22N2. The zero-order valence-electron chi connectivity index (χ0n) is 8.64. The highest BCUT2D eigenvalue weighted by molar-refractivity contribution is 4.83. The Hall–Kier alpha value is -0.660. The van der Waals surface area contributed by atoms with Gasteiger partial charge >= 0.3 is 0 Å². The molecule has 72 valence electrons. The number of hydrogen-bond acceptors (Lipinski definition) is 2. The molecule has 1 unspecified atom stereocenters. The van der Waals surface area contributed by atoms with Crippen molar-refractivity contribution in [2.75, 3.05) is 13.6 Å². The first-order valence-electron chi connectivity index (χ1n) is 4.73. The molecule has 0 saturated carbocycles. The van der Waals surface area contributed by atoms with Crippen LogP contribution >= 0.6 is 0 Å². The summed E-state index contributed by atoms with van der Waals surface area (Å²) in [4.78, 5) is 2.00. The lowest BCUT2D eigenvalue weighted by Crippen LogP contribution is -2.23. The van der Waals surface area contributed by atoms with Crippen LogP contribution in [0.15, 0.2) is 12.4 Å². The fourth-order valence-electron chi connectivity index (χ4n) is 1.02. The van der Waals surface area contributed by atoms with Crippen LogP contribution in [0.1, 0.15) is 33.1 Å². The molecule has 2 N–H and O–H groups in total. The molecule has 0 heterocycles. The summed E-state index contributed by atoms with van der Waals surface area (Å²) in [6.07, 6.45) is 3.77. The molecule has 0 fully saturated rings. The van der Waals surface area contributed by atoms with Crippen LogP contribution in [-0.4, -0.2) is 18.5 Å². The molecule has 0 amide bonds. The van der Waals surface area contributed by atoms with Gasteiger partial charge in [0.05, 0.1) is 5.82 Å². The van der Waals surface area contributed by atoms with Crippen molar-refractivity contribution in [2.24, 2.45) is 11.7 Å². The van der Waals surface area contributed by atoms with Crippen molar-refractivity contribution in [1.29, 1.82) is 0 Å². The van der Waals surface area contributed by atoms with Gasteiger partial charge in [-0.3, -0.25) is 0 Å². The Morgan fingerprint density at radius 3 is 2.58 bits per heavy atom. The van der Waals surface area contributed by atoms with E-state index in [0.29, 0.717) is 5.82 Å².